The van der Waals surface area contributed by atoms with Crippen LogP contribution in [0.15, 0.2) is 18.2 Å². The Morgan fingerprint density at radius 2 is 2.35 bits per heavy atom. The Kier molecular flexibility index (Phi) is 5.38. The summed E-state index contributed by atoms with van der Waals surface area (Å²) < 4.78 is 16.7. The number of ketones is 1. The van der Waals surface area contributed by atoms with E-state index in [1.54, 1.807) is 19.2 Å². The van der Waals surface area contributed by atoms with Crippen molar-refractivity contribution >= 4 is 5.78 Å². The van der Waals surface area contributed by atoms with Crippen molar-refractivity contribution in [2.45, 2.75) is 25.4 Å². The molecule has 0 amide bonds. The van der Waals surface area contributed by atoms with Crippen molar-refractivity contribution in [3.8, 4) is 11.5 Å². The van der Waals surface area contributed by atoms with Crippen LogP contribution in [0.3, 0.4) is 0 Å². The molecule has 1 aromatic carbocycles. The van der Waals surface area contributed by atoms with E-state index in [0.717, 1.165) is 19.4 Å². The SMILES string of the molecule is COc1c(OC2CCCOC2)cccc1C(=O)CCN. The van der Waals surface area contributed by atoms with Gasteiger partial charge in [0.05, 0.1) is 19.3 Å². The molecule has 0 bridgehead atoms. The highest BCUT2D eigenvalue weighted by atomic mass is 16.5. The van der Waals surface area contributed by atoms with E-state index in [0.29, 0.717) is 36.6 Å². The zero-order valence-corrected chi connectivity index (χ0v) is 11.8. The average molecular weight is 279 g/mol. The van der Waals surface area contributed by atoms with Crippen molar-refractivity contribution in [3.05, 3.63) is 23.8 Å². The van der Waals surface area contributed by atoms with Crippen LogP contribution in [0.5, 0.6) is 11.5 Å². The highest BCUT2D eigenvalue weighted by Crippen LogP contribution is 2.33. The molecule has 0 spiro atoms. The Hall–Kier alpha value is -1.59. The maximum Gasteiger partial charge on any atom is 0.171 e. The maximum atomic E-state index is 12.0. The molecular formula is C15H21NO4. The predicted molar refractivity (Wildman–Crippen MR) is 75.5 cm³/mol. The summed E-state index contributed by atoms with van der Waals surface area (Å²) in [7, 11) is 1.54. The molecule has 0 saturated carbocycles. The van der Waals surface area contributed by atoms with Crippen LogP contribution in [-0.4, -0.2) is 38.8 Å². The van der Waals surface area contributed by atoms with Gasteiger partial charge in [0, 0.05) is 13.0 Å². The van der Waals surface area contributed by atoms with Gasteiger partial charge in [0.2, 0.25) is 0 Å². The van der Waals surface area contributed by atoms with Crippen LogP contribution in [0, 0.1) is 0 Å². The molecule has 1 aromatic rings. The zero-order valence-electron chi connectivity index (χ0n) is 11.8. The summed E-state index contributed by atoms with van der Waals surface area (Å²) in [5.74, 6) is 1.04. The minimum absolute atomic E-state index is 0.0116. The van der Waals surface area contributed by atoms with Crippen molar-refractivity contribution in [1.82, 2.24) is 0 Å². The Morgan fingerprint density at radius 3 is 3.00 bits per heavy atom. The first-order valence-electron chi connectivity index (χ1n) is 6.91. The molecule has 20 heavy (non-hydrogen) atoms. The lowest BCUT2D eigenvalue weighted by atomic mass is 10.1. The van der Waals surface area contributed by atoms with Crippen molar-refractivity contribution < 1.29 is 19.0 Å². The first kappa shape index (κ1) is 14.8. The number of para-hydroxylation sites is 1. The van der Waals surface area contributed by atoms with E-state index >= 15 is 0 Å². The monoisotopic (exact) mass is 279 g/mol. The summed E-state index contributed by atoms with van der Waals surface area (Å²) in [5, 5.41) is 0. The molecule has 0 aromatic heterocycles. The molecule has 1 heterocycles. The first-order chi connectivity index (χ1) is 9.76. The fourth-order valence-electron chi connectivity index (χ4n) is 2.29. The molecular weight excluding hydrogens is 258 g/mol. The molecule has 110 valence electrons. The van der Waals surface area contributed by atoms with E-state index in [9.17, 15) is 4.79 Å². The number of carbonyl (C=O) groups is 1. The molecule has 1 unspecified atom stereocenters. The van der Waals surface area contributed by atoms with Crippen LogP contribution in [0.4, 0.5) is 0 Å². The van der Waals surface area contributed by atoms with Gasteiger partial charge in [-0.15, -0.1) is 0 Å². The van der Waals surface area contributed by atoms with Crippen molar-refractivity contribution in [3.63, 3.8) is 0 Å². The molecule has 5 nitrogen and oxygen atoms in total. The summed E-state index contributed by atoms with van der Waals surface area (Å²) in [6, 6.07) is 5.35. The quantitative estimate of drug-likeness (QED) is 0.804. The van der Waals surface area contributed by atoms with Gasteiger partial charge in [-0.05, 0) is 31.5 Å². The van der Waals surface area contributed by atoms with E-state index in [4.69, 9.17) is 19.9 Å². The van der Waals surface area contributed by atoms with Gasteiger partial charge in [0.25, 0.3) is 0 Å². The third-order valence-corrected chi connectivity index (χ3v) is 3.27. The van der Waals surface area contributed by atoms with Gasteiger partial charge in [-0.25, -0.2) is 0 Å². The Morgan fingerprint density at radius 1 is 1.50 bits per heavy atom. The minimum atomic E-state index is -0.0327. The Balaban J connectivity index is 2.19. The lowest BCUT2D eigenvalue weighted by Gasteiger charge is -2.24. The number of hydrogen-bond donors (Lipinski definition) is 1. The number of nitrogens with two attached hydrogens (primary N) is 1. The van der Waals surface area contributed by atoms with E-state index in [1.807, 2.05) is 6.07 Å². The normalized spacial score (nSPS) is 18.6. The topological polar surface area (TPSA) is 70.8 Å². The minimum Gasteiger partial charge on any atom is -0.492 e. The zero-order chi connectivity index (χ0) is 14.4. The second-order valence-corrected chi connectivity index (χ2v) is 4.76. The van der Waals surface area contributed by atoms with E-state index in [2.05, 4.69) is 0 Å². The van der Waals surface area contributed by atoms with Crippen LogP contribution < -0.4 is 15.2 Å². The molecule has 1 atom stereocenters. The fraction of sp³-hybridized carbons (Fsp3) is 0.533. The van der Waals surface area contributed by atoms with Crippen LogP contribution in [0.25, 0.3) is 0 Å². The number of Topliss-reactive ketones (excluding diaryl/α,β-unsaturated/α-hetero) is 1. The highest BCUT2D eigenvalue weighted by molar-refractivity contribution is 5.99. The van der Waals surface area contributed by atoms with Gasteiger partial charge in [-0.2, -0.15) is 0 Å². The van der Waals surface area contributed by atoms with Crippen LogP contribution in [0.2, 0.25) is 0 Å². The summed E-state index contributed by atoms with van der Waals surface area (Å²) in [5.41, 5.74) is 5.96. The molecule has 2 N–H and O–H groups in total. The van der Waals surface area contributed by atoms with Gasteiger partial charge in [0.15, 0.2) is 17.3 Å². The van der Waals surface area contributed by atoms with Gasteiger partial charge in [-0.1, -0.05) is 6.07 Å². The van der Waals surface area contributed by atoms with E-state index in [1.165, 1.54) is 0 Å². The van der Waals surface area contributed by atoms with E-state index in [-0.39, 0.29) is 11.9 Å². The smallest absolute Gasteiger partial charge is 0.171 e. The van der Waals surface area contributed by atoms with Crippen LogP contribution in [-0.2, 0) is 4.74 Å². The maximum absolute atomic E-state index is 12.0. The standard InChI is InChI=1S/C15H21NO4/c1-18-15-12(13(17)7-8-16)5-2-6-14(15)20-11-4-3-9-19-10-11/h2,5-6,11H,3-4,7-10,16H2,1H3. The lowest BCUT2D eigenvalue weighted by molar-refractivity contribution is 0.00640. The highest BCUT2D eigenvalue weighted by Gasteiger charge is 2.20. The summed E-state index contributed by atoms with van der Waals surface area (Å²) in [4.78, 5) is 12.0. The first-order valence-corrected chi connectivity index (χ1v) is 6.91. The van der Waals surface area contributed by atoms with Crippen LogP contribution in [0.1, 0.15) is 29.6 Å². The molecule has 1 aliphatic heterocycles. The summed E-state index contributed by atoms with van der Waals surface area (Å²) in [6.45, 7) is 1.68. The van der Waals surface area contributed by atoms with Gasteiger partial charge in [0.1, 0.15) is 6.10 Å². The van der Waals surface area contributed by atoms with Gasteiger partial charge < -0.3 is 19.9 Å². The number of methoxy groups -OCH3 is 1. The molecule has 0 aliphatic carbocycles. The molecule has 1 aliphatic rings. The van der Waals surface area contributed by atoms with Gasteiger partial charge in [-0.3, -0.25) is 4.79 Å². The molecule has 5 heteroatoms. The average Bonchev–Trinajstić information content (AvgIpc) is 2.48. The number of rotatable bonds is 6. The summed E-state index contributed by atoms with van der Waals surface area (Å²) in [6.07, 6.45) is 2.24. The number of ether oxygens (including phenoxy) is 3. The van der Waals surface area contributed by atoms with Crippen molar-refractivity contribution in [2.24, 2.45) is 5.73 Å². The largest absolute Gasteiger partial charge is 0.492 e. The lowest BCUT2D eigenvalue weighted by Crippen LogP contribution is -2.28. The second kappa shape index (κ2) is 7.26. The third-order valence-electron chi connectivity index (χ3n) is 3.27. The van der Waals surface area contributed by atoms with Crippen LogP contribution >= 0.6 is 0 Å². The predicted octanol–water partition coefficient (Wildman–Crippen LogP) is 1.78. The number of benzene rings is 1. The second-order valence-electron chi connectivity index (χ2n) is 4.76. The van der Waals surface area contributed by atoms with Crippen molar-refractivity contribution in [1.29, 1.82) is 0 Å². The molecule has 1 saturated heterocycles. The van der Waals surface area contributed by atoms with E-state index < -0.39 is 0 Å². The Labute approximate surface area is 119 Å². The Bertz CT molecular complexity index is 455. The fourth-order valence-corrected chi connectivity index (χ4v) is 2.29. The number of hydrogen-bond acceptors (Lipinski definition) is 5. The molecule has 0 radical (unpaired) electrons. The third kappa shape index (κ3) is 3.49. The van der Waals surface area contributed by atoms with Gasteiger partial charge >= 0.3 is 0 Å². The molecule has 1 fully saturated rings. The molecule has 2 rings (SSSR count). The number of carbonyl (C=O) groups excluding carboxylic acids is 1. The summed E-state index contributed by atoms with van der Waals surface area (Å²) >= 11 is 0. The van der Waals surface area contributed by atoms with Crippen molar-refractivity contribution in [2.75, 3.05) is 26.9 Å².